The summed E-state index contributed by atoms with van der Waals surface area (Å²) >= 11 is 0. The summed E-state index contributed by atoms with van der Waals surface area (Å²) in [7, 11) is 0. The molecule has 16 heavy (non-hydrogen) atoms. The molecule has 1 aliphatic rings. The van der Waals surface area contributed by atoms with E-state index in [4.69, 9.17) is 0 Å². The zero-order valence-electron chi connectivity index (χ0n) is 10.1. The zero-order valence-corrected chi connectivity index (χ0v) is 10.1. The largest absolute Gasteiger partial charge is 0.292 e. The van der Waals surface area contributed by atoms with Gasteiger partial charge in [-0.05, 0) is 31.4 Å². The van der Waals surface area contributed by atoms with Crippen LogP contribution in [0.2, 0.25) is 0 Å². The Morgan fingerprint density at radius 1 is 1.19 bits per heavy atom. The van der Waals surface area contributed by atoms with Crippen LogP contribution in [0.4, 0.5) is 0 Å². The number of fused-ring (bicyclic) bond motifs is 2. The number of pyridine rings is 1. The highest BCUT2D eigenvalue weighted by molar-refractivity contribution is 5.98. The van der Waals surface area contributed by atoms with Gasteiger partial charge in [-0.3, -0.25) is 4.79 Å². The van der Waals surface area contributed by atoms with Gasteiger partial charge in [0, 0.05) is 11.1 Å². The van der Waals surface area contributed by atoms with Crippen LogP contribution >= 0.6 is 0 Å². The molecule has 2 nitrogen and oxygen atoms in total. The third kappa shape index (κ3) is 2.31. The van der Waals surface area contributed by atoms with Crippen molar-refractivity contribution in [2.45, 2.75) is 46.0 Å². The van der Waals surface area contributed by atoms with E-state index in [0.717, 1.165) is 25.0 Å². The summed E-state index contributed by atoms with van der Waals surface area (Å²) in [5.41, 5.74) is 1.44. The number of rotatable bonds is 0. The van der Waals surface area contributed by atoms with Gasteiger partial charge in [-0.2, -0.15) is 0 Å². The second-order valence-corrected chi connectivity index (χ2v) is 5.29. The molecule has 0 N–H and O–H groups in total. The Labute approximate surface area is 97.1 Å². The molecule has 0 saturated carbocycles. The van der Waals surface area contributed by atoms with Crippen molar-refractivity contribution < 1.29 is 4.79 Å². The lowest BCUT2D eigenvalue weighted by Gasteiger charge is -2.23. The van der Waals surface area contributed by atoms with Crippen molar-refractivity contribution in [3.05, 3.63) is 29.6 Å². The Hall–Kier alpha value is -1.18. The van der Waals surface area contributed by atoms with E-state index in [1.807, 2.05) is 32.0 Å². The minimum absolute atomic E-state index is 0.191. The van der Waals surface area contributed by atoms with E-state index in [1.54, 1.807) is 0 Å². The van der Waals surface area contributed by atoms with E-state index in [2.05, 4.69) is 4.98 Å². The summed E-state index contributed by atoms with van der Waals surface area (Å²) in [6, 6.07) is 5.81. The Morgan fingerprint density at radius 2 is 2.00 bits per heavy atom. The minimum atomic E-state index is -0.261. The van der Waals surface area contributed by atoms with Crippen LogP contribution in [0.25, 0.3) is 0 Å². The fourth-order valence-corrected chi connectivity index (χ4v) is 2.26. The molecular formula is C14H19NO. The first-order valence-electron chi connectivity index (χ1n) is 6.10. The minimum Gasteiger partial charge on any atom is -0.292 e. The summed E-state index contributed by atoms with van der Waals surface area (Å²) < 4.78 is 0. The van der Waals surface area contributed by atoms with Gasteiger partial charge in [0.2, 0.25) is 0 Å². The third-order valence-electron chi connectivity index (χ3n) is 3.39. The molecule has 2 heterocycles. The summed E-state index contributed by atoms with van der Waals surface area (Å²) in [5.74, 6) is 0.191. The second-order valence-electron chi connectivity index (χ2n) is 5.29. The number of Topliss-reactive ketones (excluding diaryl/α,β-unsaturated/α-hetero) is 1. The molecule has 0 fully saturated rings. The Kier molecular flexibility index (Phi) is 3.08. The van der Waals surface area contributed by atoms with Crippen molar-refractivity contribution >= 4 is 5.78 Å². The van der Waals surface area contributed by atoms with Crippen molar-refractivity contribution in [3.8, 4) is 0 Å². The quantitative estimate of drug-likeness (QED) is 0.666. The van der Waals surface area contributed by atoms with Crippen molar-refractivity contribution in [1.29, 1.82) is 0 Å². The molecule has 1 aromatic rings. The molecule has 0 aromatic carbocycles. The predicted octanol–water partition coefficient (Wildman–Crippen LogP) is 3.41. The smallest absolute Gasteiger partial charge is 0.186 e. The molecule has 2 rings (SSSR count). The SMILES string of the molecule is CC1(C)CCCCCc2cccc(n2)C1=O. The predicted molar refractivity (Wildman–Crippen MR) is 64.5 cm³/mol. The fraction of sp³-hybridized carbons (Fsp3) is 0.571. The second kappa shape index (κ2) is 4.36. The first-order chi connectivity index (χ1) is 7.59. The highest BCUT2D eigenvalue weighted by Crippen LogP contribution is 2.29. The number of aryl methyl sites for hydroxylation is 1. The van der Waals surface area contributed by atoms with Crippen LogP contribution in [0.15, 0.2) is 18.2 Å². The van der Waals surface area contributed by atoms with E-state index in [-0.39, 0.29) is 11.2 Å². The molecule has 0 saturated heterocycles. The van der Waals surface area contributed by atoms with Gasteiger partial charge in [0.15, 0.2) is 5.78 Å². The zero-order chi connectivity index (χ0) is 11.6. The number of hydrogen-bond donors (Lipinski definition) is 0. The molecule has 0 unspecified atom stereocenters. The van der Waals surface area contributed by atoms with E-state index in [1.165, 1.54) is 12.8 Å². The van der Waals surface area contributed by atoms with Crippen LogP contribution in [0, 0.1) is 5.41 Å². The van der Waals surface area contributed by atoms with E-state index in [9.17, 15) is 4.79 Å². The lowest BCUT2D eigenvalue weighted by molar-refractivity contribution is 0.0816. The number of ketones is 1. The van der Waals surface area contributed by atoms with Gasteiger partial charge in [0.25, 0.3) is 0 Å². The van der Waals surface area contributed by atoms with Gasteiger partial charge in [-0.1, -0.05) is 32.8 Å². The molecule has 86 valence electrons. The lowest BCUT2D eigenvalue weighted by atomic mass is 9.80. The number of aromatic nitrogens is 1. The van der Waals surface area contributed by atoms with Crippen LogP contribution in [-0.4, -0.2) is 10.8 Å². The van der Waals surface area contributed by atoms with Gasteiger partial charge in [0.05, 0.1) is 0 Å². The lowest BCUT2D eigenvalue weighted by Crippen LogP contribution is -2.26. The van der Waals surface area contributed by atoms with Crippen LogP contribution in [0.5, 0.6) is 0 Å². The Balaban J connectivity index is 2.38. The number of carbonyl (C=O) groups excluding carboxylic acids is 1. The van der Waals surface area contributed by atoms with Crippen molar-refractivity contribution in [2.75, 3.05) is 0 Å². The number of carbonyl (C=O) groups is 1. The molecule has 0 spiro atoms. The molecule has 0 aliphatic carbocycles. The average molecular weight is 217 g/mol. The average Bonchev–Trinajstić information content (AvgIpc) is 2.27. The van der Waals surface area contributed by atoms with Gasteiger partial charge in [-0.25, -0.2) is 4.98 Å². The van der Waals surface area contributed by atoms with Crippen molar-refractivity contribution in [1.82, 2.24) is 4.98 Å². The molecule has 2 bridgehead atoms. The van der Waals surface area contributed by atoms with Gasteiger partial charge < -0.3 is 0 Å². The molecule has 0 atom stereocenters. The first kappa shape index (κ1) is 11.3. The van der Waals surface area contributed by atoms with Gasteiger partial charge >= 0.3 is 0 Å². The summed E-state index contributed by atoms with van der Waals surface area (Å²) in [4.78, 5) is 16.7. The summed E-state index contributed by atoms with van der Waals surface area (Å²) in [6.07, 6.45) is 5.49. The summed E-state index contributed by atoms with van der Waals surface area (Å²) in [5, 5.41) is 0. The molecule has 1 aromatic heterocycles. The van der Waals surface area contributed by atoms with Crippen molar-refractivity contribution in [3.63, 3.8) is 0 Å². The van der Waals surface area contributed by atoms with Gasteiger partial charge in [0.1, 0.15) is 5.69 Å². The number of nitrogens with zero attached hydrogens (tertiary/aromatic N) is 1. The first-order valence-corrected chi connectivity index (χ1v) is 6.10. The molecule has 1 aliphatic heterocycles. The van der Waals surface area contributed by atoms with E-state index >= 15 is 0 Å². The van der Waals surface area contributed by atoms with Crippen LogP contribution in [0.1, 0.15) is 55.7 Å². The third-order valence-corrected chi connectivity index (χ3v) is 3.39. The van der Waals surface area contributed by atoms with Crippen LogP contribution < -0.4 is 0 Å². The monoisotopic (exact) mass is 217 g/mol. The fourth-order valence-electron chi connectivity index (χ4n) is 2.26. The molecular weight excluding hydrogens is 198 g/mol. The molecule has 2 heteroatoms. The topological polar surface area (TPSA) is 30.0 Å². The molecule has 0 amide bonds. The maximum atomic E-state index is 12.3. The van der Waals surface area contributed by atoms with Crippen LogP contribution in [-0.2, 0) is 6.42 Å². The van der Waals surface area contributed by atoms with E-state index in [0.29, 0.717) is 5.69 Å². The molecule has 0 radical (unpaired) electrons. The van der Waals surface area contributed by atoms with Crippen molar-refractivity contribution in [2.24, 2.45) is 5.41 Å². The number of hydrogen-bond acceptors (Lipinski definition) is 2. The maximum absolute atomic E-state index is 12.3. The Morgan fingerprint density at radius 3 is 2.81 bits per heavy atom. The van der Waals surface area contributed by atoms with Crippen LogP contribution in [0.3, 0.4) is 0 Å². The maximum Gasteiger partial charge on any atom is 0.186 e. The Bertz CT molecular complexity index is 395. The summed E-state index contributed by atoms with van der Waals surface area (Å²) in [6.45, 7) is 4.07. The normalized spacial score (nSPS) is 20.5. The standard InChI is InChI=1S/C14H19NO/c1-14(2)10-5-3-4-7-11-8-6-9-12(15-11)13(14)16/h6,8-9H,3-5,7,10H2,1-2H3. The highest BCUT2D eigenvalue weighted by Gasteiger charge is 2.29. The highest BCUT2D eigenvalue weighted by atomic mass is 16.1. The van der Waals surface area contributed by atoms with E-state index < -0.39 is 0 Å². The van der Waals surface area contributed by atoms with Gasteiger partial charge in [-0.15, -0.1) is 0 Å².